The zero-order valence-electron chi connectivity index (χ0n) is 21.9. The lowest BCUT2D eigenvalue weighted by Crippen LogP contribution is -2.18. The third-order valence-electron chi connectivity index (χ3n) is 5.62. The van der Waals surface area contributed by atoms with Gasteiger partial charge in [0.2, 0.25) is 0 Å². The maximum Gasteiger partial charge on any atom is 0.416 e. The summed E-state index contributed by atoms with van der Waals surface area (Å²) in [7, 11) is -5.77. The van der Waals surface area contributed by atoms with Gasteiger partial charge in [-0.2, -0.15) is 79.0 Å². The number of hydrogen-bond acceptors (Lipinski definition) is 1. The molecule has 0 heterocycles. The van der Waals surface area contributed by atoms with E-state index in [4.69, 9.17) is 0 Å². The molecule has 23 heteroatoms. The summed E-state index contributed by atoms with van der Waals surface area (Å²) in [4.78, 5) is 0. The fourth-order valence-electron chi connectivity index (χ4n) is 3.69. The first kappa shape index (κ1) is 37.5. The van der Waals surface area contributed by atoms with E-state index in [1.165, 1.54) is 15.3 Å². The summed E-state index contributed by atoms with van der Waals surface area (Å²) < 4.78 is 254. The second kappa shape index (κ2) is 11.9. The average molecular weight is 731 g/mol. The number of halogens is 18. The van der Waals surface area contributed by atoms with Gasteiger partial charge in [-0.15, -0.1) is 0 Å². The van der Waals surface area contributed by atoms with Gasteiger partial charge in [0.1, 0.15) is 0 Å². The van der Waals surface area contributed by atoms with E-state index in [0.717, 1.165) is 0 Å². The first-order valence-corrected chi connectivity index (χ1v) is 13.4. The lowest BCUT2D eigenvalue weighted by molar-refractivity contribution is -0.144. The molecule has 0 saturated heterocycles. The van der Waals surface area contributed by atoms with Gasteiger partial charge < -0.3 is 15.3 Å². The van der Waals surface area contributed by atoms with Crippen LogP contribution >= 0.6 is 7.59 Å². The third-order valence-corrected chi connectivity index (χ3v) is 7.34. The monoisotopic (exact) mass is 731 g/mol. The molecule has 0 spiro atoms. The first-order valence-electron chi connectivity index (χ1n) is 11.7. The SMILES string of the molecule is O=P(Nc1cc(C(F)(F)F)cc(C(F)(F)F)c1)(Nc1cc(C(F)(F)F)cc(C(F)(F)F)c1)Nc1cc(C(F)(F)F)cc(C(F)(F)F)c1. The Morgan fingerprint density at radius 1 is 0.319 bits per heavy atom. The normalized spacial score (nSPS) is 13.8. The smallest absolute Gasteiger partial charge is 0.304 e. The van der Waals surface area contributed by atoms with Crippen LogP contribution in [0.5, 0.6) is 0 Å². The Hall–Kier alpha value is -3.97. The van der Waals surface area contributed by atoms with Gasteiger partial charge in [0.25, 0.3) is 0 Å². The van der Waals surface area contributed by atoms with Crippen molar-refractivity contribution in [3.63, 3.8) is 0 Å². The van der Waals surface area contributed by atoms with Gasteiger partial charge in [-0.05, 0) is 54.6 Å². The molecule has 0 aliphatic carbocycles. The lowest BCUT2D eigenvalue weighted by atomic mass is 10.1. The topological polar surface area (TPSA) is 53.2 Å². The van der Waals surface area contributed by atoms with Gasteiger partial charge in [0.15, 0.2) is 0 Å². The van der Waals surface area contributed by atoms with Crippen LogP contribution in [0.1, 0.15) is 33.4 Å². The van der Waals surface area contributed by atoms with E-state index in [2.05, 4.69) is 0 Å². The molecule has 0 amide bonds. The Morgan fingerprint density at radius 2 is 0.468 bits per heavy atom. The number of rotatable bonds is 6. The minimum Gasteiger partial charge on any atom is -0.304 e. The number of benzene rings is 3. The number of alkyl halides is 18. The van der Waals surface area contributed by atoms with E-state index < -0.39 is 113 Å². The van der Waals surface area contributed by atoms with E-state index in [0.29, 0.717) is 0 Å². The predicted octanol–water partition coefficient (Wildman–Crippen LogP) is 11.5. The number of hydrogen-bond donors (Lipinski definition) is 3. The molecule has 0 bridgehead atoms. The minimum atomic E-state index is -5.77. The van der Waals surface area contributed by atoms with Gasteiger partial charge >= 0.3 is 44.7 Å². The van der Waals surface area contributed by atoms with Gasteiger partial charge in [-0.3, -0.25) is 4.57 Å². The van der Waals surface area contributed by atoms with Gasteiger partial charge in [-0.1, -0.05) is 0 Å². The van der Waals surface area contributed by atoms with E-state index in [1.54, 1.807) is 0 Å². The van der Waals surface area contributed by atoms with Crippen LogP contribution in [-0.2, 0) is 41.6 Å². The molecule has 0 atom stereocenters. The molecule has 47 heavy (non-hydrogen) atoms. The van der Waals surface area contributed by atoms with Gasteiger partial charge in [0, 0.05) is 17.1 Å². The maximum atomic E-state index is 13.9. The predicted molar refractivity (Wildman–Crippen MR) is 128 cm³/mol. The van der Waals surface area contributed by atoms with Crippen molar-refractivity contribution in [1.29, 1.82) is 0 Å². The molecule has 0 aromatic heterocycles. The fraction of sp³-hybridized carbons (Fsp3) is 0.250. The van der Waals surface area contributed by atoms with Crippen LogP contribution in [0.25, 0.3) is 0 Å². The highest BCUT2D eigenvalue weighted by atomic mass is 31.2. The molecule has 0 unspecified atom stereocenters. The molecule has 3 aromatic rings. The van der Waals surface area contributed by atoms with Crippen molar-refractivity contribution in [1.82, 2.24) is 0 Å². The highest BCUT2D eigenvalue weighted by Gasteiger charge is 2.41. The second-order valence-corrected chi connectivity index (χ2v) is 11.2. The van der Waals surface area contributed by atoms with Crippen molar-refractivity contribution >= 4 is 24.7 Å². The van der Waals surface area contributed by atoms with Crippen LogP contribution in [0.15, 0.2) is 54.6 Å². The highest BCUT2D eigenvalue weighted by molar-refractivity contribution is 7.68. The summed E-state index contributed by atoms with van der Waals surface area (Å²) >= 11 is 0. The Bertz CT molecular complexity index is 1380. The third kappa shape index (κ3) is 9.77. The quantitative estimate of drug-likeness (QED) is 0.175. The van der Waals surface area contributed by atoms with Gasteiger partial charge in [0.05, 0.1) is 33.4 Å². The summed E-state index contributed by atoms with van der Waals surface area (Å²) in [6.07, 6.45) is -33.5. The molecule has 0 saturated carbocycles. The molecule has 260 valence electrons. The average Bonchev–Trinajstić information content (AvgIpc) is 2.84. The molecule has 0 radical (unpaired) electrons. The molecular formula is C24H12F18N3OP. The van der Waals surface area contributed by atoms with Crippen molar-refractivity contribution in [3.8, 4) is 0 Å². The summed E-state index contributed by atoms with van der Waals surface area (Å²) in [5, 5.41) is 4.26. The van der Waals surface area contributed by atoms with Crippen molar-refractivity contribution in [2.24, 2.45) is 0 Å². The van der Waals surface area contributed by atoms with Crippen molar-refractivity contribution in [3.05, 3.63) is 88.0 Å². The summed E-state index contributed by atoms with van der Waals surface area (Å²) in [5.41, 5.74) is -17.2. The molecule has 3 rings (SSSR count). The second-order valence-electron chi connectivity index (χ2n) is 9.33. The molecular weight excluding hydrogens is 719 g/mol. The summed E-state index contributed by atoms with van der Waals surface area (Å²) in [6, 6.07) is -2.50. The molecule has 0 aliphatic heterocycles. The van der Waals surface area contributed by atoms with Crippen molar-refractivity contribution in [2.45, 2.75) is 37.1 Å². The van der Waals surface area contributed by atoms with Crippen molar-refractivity contribution < 1.29 is 83.6 Å². The van der Waals surface area contributed by atoms with Gasteiger partial charge in [-0.25, -0.2) is 0 Å². The Balaban J connectivity index is 2.31. The molecule has 3 aromatic carbocycles. The summed E-state index contributed by atoms with van der Waals surface area (Å²) in [5.74, 6) is 0. The first-order chi connectivity index (χ1) is 20.9. The molecule has 0 aliphatic rings. The maximum absolute atomic E-state index is 13.9. The number of anilines is 3. The van der Waals surface area contributed by atoms with Crippen LogP contribution < -0.4 is 15.3 Å². The van der Waals surface area contributed by atoms with E-state index in [9.17, 15) is 83.6 Å². The van der Waals surface area contributed by atoms with E-state index in [-0.39, 0.29) is 36.4 Å². The Kier molecular flexibility index (Phi) is 9.51. The zero-order chi connectivity index (χ0) is 36.2. The van der Waals surface area contributed by atoms with Crippen LogP contribution in [0.2, 0.25) is 0 Å². The van der Waals surface area contributed by atoms with Crippen molar-refractivity contribution in [2.75, 3.05) is 15.3 Å². The van der Waals surface area contributed by atoms with E-state index >= 15 is 0 Å². The zero-order valence-corrected chi connectivity index (χ0v) is 22.7. The molecule has 0 fully saturated rings. The Labute approximate surface area is 249 Å². The van der Waals surface area contributed by atoms with Crippen LogP contribution in [0, 0.1) is 0 Å². The Morgan fingerprint density at radius 3 is 0.596 bits per heavy atom. The van der Waals surface area contributed by atoms with Crippen LogP contribution in [0.3, 0.4) is 0 Å². The fourth-order valence-corrected chi connectivity index (χ4v) is 5.33. The van der Waals surface area contributed by atoms with Crippen LogP contribution in [0.4, 0.5) is 96.1 Å². The summed E-state index contributed by atoms with van der Waals surface area (Å²) in [6.45, 7) is 0. The molecule has 3 N–H and O–H groups in total. The lowest BCUT2D eigenvalue weighted by Gasteiger charge is -2.27. The van der Waals surface area contributed by atoms with E-state index in [1.807, 2.05) is 0 Å². The van der Waals surface area contributed by atoms with Crippen LogP contribution in [-0.4, -0.2) is 0 Å². The number of nitrogens with one attached hydrogen (secondary N) is 3. The molecule has 4 nitrogen and oxygen atoms in total. The standard InChI is InChI=1S/C24H12F18N3OP/c25-19(26,27)10-1-11(20(28,29)30)5-16(4-10)43-47(46,44-17-6-12(21(31,32)33)2-13(7-17)22(34,35)36)45-18-8-14(23(37,38)39)3-15(9-18)24(40,41)42/h1-9H,(H3,43,44,45,46). The minimum absolute atomic E-state index is 0.189. The largest absolute Gasteiger partial charge is 0.416 e. The highest BCUT2D eigenvalue weighted by Crippen LogP contribution is 2.50.